The number of benzene rings is 1. The third-order valence-electron chi connectivity index (χ3n) is 3.64. The fourth-order valence-corrected chi connectivity index (χ4v) is 1.98. The average molecular weight is 306 g/mol. The summed E-state index contributed by atoms with van der Waals surface area (Å²) >= 11 is 0. The van der Waals surface area contributed by atoms with E-state index >= 15 is 0 Å². The number of rotatable bonds is 5. The number of ether oxygens (including phenoxy) is 1. The molecule has 1 N–H and O–H groups in total. The van der Waals surface area contributed by atoms with E-state index in [-0.39, 0.29) is 24.4 Å². The molecule has 1 unspecified atom stereocenters. The normalized spacial score (nSPS) is 12.5. The predicted octanol–water partition coefficient (Wildman–Crippen LogP) is 2.38. The van der Waals surface area contributed by atoms with Crippen LogP contribution in [0.1, 0.15) is 39.3 Å². The number of nitrogens with one attached hydrogen (secondary N) is 1. The largest absolute Gasteiger partial charge is 0.496 e. The van der Waals surface area contributed by atoms with Crippen LogP contribution in [0.15, 0.2) is 24.3 Å². The fourth-order valence-electron chi connectivity index (χ4n) is 1.98. The highest BCUT2D eigenvalue weighted by molar-refractivity contribution is 5.87. The lowest BCUT2D eigenvalue weighted by atomic mass is 9.96. The van der Waals surface area contributed by atoms with E-state index in [1.807, 2.05) is 52.0 Å². The lowest BCUT2D eigenvalue weighted by Crippen LogP contribution is -2.43. The molecule has 0 spiro atoms. The summed E-state index contributed by atoms with van der Waals surface area (Å²) < 4.78 is 5.33. The molecule has 0 saturated carbocycles. The van der Waals surface area contributed by atoms with Gasteiger partial charge in [-0.2, -0.15) is 0 Å². The van der Waals surface area contributed by atoms with Gasteiger partial charge in [-0.1, -0.05) is 39.0 Å². The summed E-state index contributed by atoms with van der Waals surface area (Å²) in [6.45, 7) is 7.36. The molecule has 0 aliphatic carbocycles. The van der Waals surface area contributed by atoms with Crippen molar-refractivity contribution in [1.82, 2.24) is 10.2 Å². The van der Waals surface area contributed by atoms with Gasteiger partial charge < -0.3 is 15.0 Å². The molecule has 122 valence electrons. The van der Waals surface area contributed by atoms with Crippen molar-refractivity contribution in [2.75, 3.05) is 20.7 Å². The minimum absolute atomic E-state index is 0.00784. The van der Waals surface area contributed by atoms with Gasteiger partial charge in [0, 0.05) is 18.0 Å². The monoisotopic (exact) mass is 306 g/mol. The zero-order valence-electron chi connectivity index (χ0n) is 14.3. The number of carbonyl (C=O) groups is 2. The number of para-hydroxylation sites is 1. The van der Waals surface area contributed by atoms with Crippen LogP contribution in [-0.4, -0.2) is 37.4 Å². The SMILES string of the molecule is COc1ccccc1C(C)N(C)C(=O)CNC(=O)C(C)(C)C. The highest BCUT2D eigenvalue weighted by Crippen LogP contribution is 2.27. The van der Waals surface area contributed by atoms with Crippen molar-refractivity contribution in [3.8, 4) is 5.75 Å². The fraction of sp³-hybridized carbons (Fsp3) is 0.529. The van der Waals surface area contributed by atoms with Gasteiger partial charge in [-0.25, -0.2) is 0 Å². The van der Waals surface area contributed by atoms with Crippen LogP contribution in [0, 0.1) is 5.41 Å². The van der Waals surface area contributed by atoms with Crippen molar-refractivity contribution in [2.45, 2.75) is 33.7 Å². The maximum atomic E-state index is 12.3. The topological polar surface area (TPSA) is 58.6 Å². The first-order valence-corrected chi connectivity index (χ1v) is 7.35. The van der Waals surface area contributed by atoms with Gasteiger partial charge >= 0.3 is 0 Å². The molecular formula is C17H26N2O3. The summed E-state index contributed by atoms with van der Waals surface area (Å²) in [6.07, 6.45) is 0. The molecule has 0 aromatic heterocycles. The maximum Gasteiger partial charge on any atom is 0.242 e. The van der Waals surface area contributed by atoms with Crippen LogP contribution in [0.2, 0.25) is 0 Å². The minimum Gasteiger partial charge on any atom is -0.496 e. The number of carbonyl (C=O) groups excluding carboxylic acids is 2. The van der Waals surface area contributed by atoms with Crippen LogP contribution in [0.3, 0.4) is 0 Å². The van der Waals surface area contributed by atoms with Crippen LogP contribution in [0.5, 0.6) is 5.75 Å². The average Bonchev–Trinajstić information content (AvgIpc) is 2.49. The molecule has 0 heterocycles. The molecule has 1 aromatic carbocycles. The molecule has 5 heteroatoms. The van der Waals surface area contributed by atoms with Crippen molar-refractivity contribution in [2.24, 2.45) is 5.41 Å². The molecule has 0 fully saturated rings. The van der Waals surface area contributed by atoms with Crippen molar-refractivity contribution in [1.29, 1.82) is 0 Å². The number of amides is 2. The highest BCUT2D eigenvalue weighted by atomic mass is 16.5. The smallest absolute Gasteiger partial charge is 0.242 e. The van der Waals surface area contributed by atoms with Gasteiger partial charge in [-0.05, 0) is 13.0 Å². The van der Waals surface area contributed by atoms with Gasteiger partial charge in [-0.3, -0.25) is 9.59 Å². The lowest BCUT2D eigenvalue weighted by Gasteiger charge is -2.27. The van der Waals surface area contributed by atoms with Gasteiger partial charge in [0.25, 0.3) is 0 Å². The van der Waals surface area contributed by atoms with Crippen LogP contribution in [-0.2, 0) is 9.59 Å². The quantitative estimate of drug-likeness (QED) is 0.908. The van der Waals surface area contributed by atoms with Crippen molar-refractivity contribution < 1.29 is 14.3 Å². The Bertz CT molecular complexity index is 535. The molecule has 0 aliphatic heterocycles. The Kier molecular flexibility index (Phi) is 5.97. The first-order valence-electron chi connectivity index (χ1n) is 7.35. The van der Waals surface area contributed by atoms with Gasteiger partial charge in [-0.15, -0.1) is 0 Å². The number of methoxy groups -OCH3 is 1. The minimum atomic E-state index is -0.507. The number of hydrogen-bond acceptors (Lipinski definition) is 3. The van der Waals surface area contributed by atoms with Crippen LogP contribution < -0.4 is 10.1 Å². The Hall–Kier alpha value is -2.04. The second-order valence-corrected chi connectivity index (χ2v) is 6.36. The third kappa shape index (κ3) is 4.48. The second kappa shape index (κ2) is 7.29. The second-order valence-electron chi connectivity index (χ2n) is 6.36. The van der Waals surface area contributed by atoms with Gasteiger partial charge in [0.1, 0.15) is 5.75 Å². The van der Waals surface area contributed by atoms with E-state index in [4.69, 9.17) is 4.74 Å². The molecule has 0 saturated heterocycles. The number of nitrogens with zero attached hydrogens (tertiary/aromatic N) is 1. The summed E-state index contributed by atoms with van der Waals surface area (Å²) in [6, 6.07) is 7.45. The van der Waals surface area contributed by atoms with Crippen LogP contribution >= 0.6 is 0 Å². The summed E-state index contributed by atoms with van der Waals surface area (Å²) in [7, 11) is 3.33. The van der Waals surface area contributed by atoms with E-state index in [1.165, 1.54) is 0 Å². The zero-order chi connectivity index (χ0) is 16.9. The molecule has 0 bridgehead atoms. The molecule has 0 aliphatic rings. The maximum absolute atomic E-state index is 12.3. The Labute approximate surface area is 132 Å². The number of hydrogen-bond donors (Lipinski definition) is 1. The molecule has 1 rings (SSSR count). The summed E-state index contributed by atoms with van der Waals surface area (Å²) in [4.78, 5) is 25.7. The van der Waals surface area contributed by atoms with E-state index in [0.717, 1.165) is 11.3 Å². The summed E-state index contributed by atoms with van der Waals surface area (Å²) in [5.74, 6) is 0.462. The Morgan fingerprint density at radius 1 is 1.27 bits per heavy atom. The molecule has 1 aromatic rings. The van der Waals surface area contributed by atoms with Crippen LogP contribution in [0.25, 0.3) is 0 Å². The molecule has 5 nitrogen and oxygen atoms in total. The Morgan fingerprint density at radius 2 is 1.86 bits per heavy atom. The zero-order valence-corrected chi connectivity index (χ0v) is 14.3. The van der Waals surface area contributed by atoms with Crippen molar-refractivity contribution in [3.63, 3.8) is 0 Å². The van der Waals surface area contributed by atoms with Crippen molar-refractivity contribution >= 4 is 11.8 Å². The van der Waals surface area contributed by atoms with E-state index in [1.54, 1.807) is 19.1 Å². The van der Waals surface area contributed by atoms with E-state index in [0.29, 0.717) is 0 Å². The summed E-state index contributed by atoms with van der Waals surface area (Å²) in [5, 5.41) is 2.68. The van der Waals surface area contributed by atoms with Crippen molar-refractivity contribution in [3.05, 3.63) is 29.8 Å². The molecule has 22 heavy (non-hydrogen) atoms. The van der Waals surface area contributed by atoms with Gasteiger partial charge in [0.2, 0.25) is 11.8 Å². The third-order valence-corrected chi connectivity index (χ3v) is 3.64. The molecule has 1 atom stereocenters. The Morgan fingerprint density at radius 3 is 2.41 bits per heavy atom. The number of likely N-dealkylation sites (N-methyl/N-ethyl adjacent to an activating group) is 1. The van der Waals surface area contributed by atoms with Crippen LogP contribution in [0.4, 0.5) is 0 Å². The van der Waals surface area contributed by atoms with Gasteiger partial charge in [0.05, 0.1) is 19.7 Å². The van der Waals surface area contributed by atoms with E-state index < -0.39 is 5.41 Å². The standard InChI is InChI=1S/C17H26N2O3/c1-12(13-9-7-8-10-14(13)22-6)19(5)15(20)11-18-16(21)17(2,3)4/h7-10,12H,11H2,1-6H3,(H,18,21). The molecule has 0 radical (unpaired) electrons. The predicted molar refractivity (Wildman–Crippen MR) is 86.6 cm³/mol. The lowest BCUT2D eigenvalue weighted by molar-refractivity contribution is -0.135. The highest BCUT2D eigenvalue weighted by Gasteiger charge is 2.24. The summed E-state index contributed by atoms with van der Waals surface area (Å²) in [5.41, 5.74) is 0.427. The molecule has 2 amide bonds. The first kappa shape index (κ1) is 18.0. The molecular weight excluding hydrogens is 280 g/mol. The Balaban J connectivity index is 2.72. The first-order chi connectivity index (χ1) is 10.2. The van der Waals surface area contributed by atoms with E-state index in [9.17, 15) is 9.59 Å². The van der Waals surface area contributed by atoms with E-state index in [2.05, 4.69) is 5.32 Å². The van der Waals surface area contributed by atoms with Gasteiger partial charge in [0.15, 0.2) is 0 Å².